The molecule has 0 radical (unpaired) electrons. The van der Waals surface area contributed by atoms with E-state index in [-0.39, 0.29) is 11.7 Å². The Balaban J connectivity index is 1.71. The Labute approximate surface area is 134 Å². The first-order valence-electron chi connectivity index (χ1n) is 7.97. The predicted octanol–water partition coefficient (Wildman–Crippen LogP) is 3.48. The van der Waals surface area contributed by atoms with Crippen LogP contribution in [0.4, 0.5) is 0 Å². The quantitative estimate of drug-likeness (QED) is 0.744. The molecule has 3 aromatic rings. The maximum absolute atomic E-state index is 12.6. The summed E-state index contributed by atoms with van der Waals surface area (Å²) >= 11 is 0. The molecule has 0 unspecified atom stereocenters. The molecular weight excluding hydrogens is 288 g/mol. The summed E-state index contributed by atoms with van der Waals surface area (Å²) < 4.78 is 7.79. The van der Waals surface area contributed by atoms with Gasteiger partial charge in [0.1, 0.15) is 17.7 Å². The molecule has 1 aromatic heterocycles. The summed E-state index contributed by atoms with van der Waals surface area (Å²) in [5, 5.41) is 0.633. The van der Waals surface area contributed by atoms with Crippen LogP contribution in [0.5, 0.6) is 5.75 Å². The Hall–Kier alpha value is -2.62. The van der Waals surface area contributed by atoms with E-state index >= 15 is 0 Å². The highest BCUT2D eigenvalue weighted by atomic mass is 16.5. The molecule has 4 nitrogen and oxygen atoms in total. The standard InChI is InChI=1S/C19H18N2O2/c1-13(14-6-3-2-4-7-14)23-15-9-10-17-16(12-15)19(22)21-11-5-8-18(21)20-17/h2-4,6-7,9-10,12-13H,5,8,11H2,1H3/t13-/m1/s1. The topological polar surface area (TPSA) is 44.1 Å². The van der Waals surface area contributed by atoms with Gasteiger partial charge in [-0.1, -0.05) is 30.3 Å². The van der Waals surface area contributed by atoms with Crippen molar-refractivity contribution in [1.82, 2.24) is 9.55 Å². The van der Waals surface area contributed by atoms with Gasteiger partial charge in [-0.3, -0.25) is 9.36 Å². The first-order chi connectivity index (χ1) is 11.2. The third kappa shape index (κ3) is 2.50. The second kappa shape index (κ2) is 5.54. The van der Waals surface area contributed by atoms with Crippen LogP contribution in [0, 0.1) is 0 Å². The maximum atomic E-state index is 12.6. The zero-order chi connectivity index (χ0) is 15.8. The molecule has 0 fully saturated rings. The van der Waals surface area contributed by atoms with E-state index in [1.54, 1.807) is 4.57 Å². The number of benzene rings is 2. The molecule has 2 aromatic carbocycles. The second-order valence-electron chi connectivity index (χ2n) is 5.94. The third-order valence-electron chi connectivity index (χ3n) is 4.37. The van der Waals surface area contributed by atoms with Crippen LogP contribution in [0.1, 0.15) is 30.8 Å². The Bertz CT molecular complexity index is 916. The molecule has 0 spiro atoms. The molecule has 0 amide bonds. The molecule has 23 heavy (non-hydrogen) atoms. The molecule has 1 aliphatic rings. The van der Waals surface area contributed by atoms with Gasteiger partial charge in [0.25, 0.3) is 5.56 Å². The van der Waals surface area contributed by atoms with Crippen molar-refractivity contribution in [3.05, 3.63) is 70.3 Å². The summed E-state index contributed by atoms with van der Waals surface area (Å²) in [5.41, 5.74) is 1.90. The van der Waals surface area contributed by atoms with Gasteiger partial charge in [0.15, 0.2) is 0 Å². The van der Waals surface area contributed by atoms with Crippen LogP contribution >= 0.6 is 0 Å². The minimum Gasteiger partial charge on any atom is -0.486 e. The first-order valence-corrected chi connectivity index (χ1v) is 7.97. The lowest BCUT2D eigenvalue weighted by Gasteiger charge is -2.15. The Morgan fingerprint density at radius 3 is 2.83 bits per heavy atom. The fraction of sp³-hybridized carbons (Fsp3) is 0.263. The maximum Gasteiger partial charge on any atom is 0.261 e. The fourth-order valence-electron chi connectivity index (χ4n) is 3.13. The summed E-state index contributed by atoms with van der Waals surface area (Å²) in [5.74, 6) is 1.60. The molecular formula is C19H18N2O2. The number of rotatable bonds is 3. The molecule has 0 N–H and O–H groups in total. The number of nitrogens with zero attached hydrogens (tertiary/aromatic N) is 2. The minimum atomic E-state index is -0.0706. The van der Waals surface area contributed by atoms with Crippen molar-refractivity contribution in [2.45, 2.75) is 32.4 Å². The van der Waals surface area contributed by atoms with Crippen LogP contribution in [0.2, 0.25) is 0 Å². The minimum absolute atomic E-state index is 0.0420. The van der Waals surface area contributed by atoms with Crippen LogP contribution in [-0.2, 0) is 13.0 Å². The van der Waals surface area contributed by atoms with Crippen molar-refractivity contribution >= 4 is 10.9 Å². The summed E-state index contributed by atoms with van der Waals surface area (Å²) in [6.45, 7) is 2.77. The Kier molecular flexibility index (Phi) is 3.37. The second-order valence-corrected chi connectivity index (χ2v) is 5.94. The van der Waals surface area contributed by atoms with E-state index < -0.39 is 0 Å². The summed E-state index contributed by atoms with van der Waals surface area (Å²) in [4.78, 5) is 17.2. The lowest BCUT2D eigenvalue weighted by atomic mass is 10.1. The summed E-state index contributed by atoms with van der Waals surface area (Å²) in [7, 11) is 0. The largest absolute Gasteiger partial charge is 0.486 e. The molecule has 4 rings (SSSR count). The van der Waals surface area contributed by atoms with Crippen molar-refractivity contribution in [2.24, 2.45) is 0 Å². The lowest BCUT2D eigenvalue weighted by Crippen LogP contribution is -2.20. The van der Waals surface area contributed by atoms with E-state index in [0.717, 1.165) is 36.3 Å². The molecule has 0 bridgehead atoms. The highest BCUT2D eigenvalue weighted by Gasteiger charge is 2.16. The van der Waals surface area contributed by atoms with Gasteiger partial charge in [0.05, 0.1) is 10.9 Å². The summed E-state index contributed by atoms with van der Waals surface area (Å²) in [6, 6.07) is 15.6. The van der Waals surface area contributed by atoms with Crippen LogP contribution in [-0.4, -0.2) is 9.55 Å². The van der Waals surface area contributed by atoms with Gasteiger partial charge in [-0.15, -0.1) is 0 Å². The predicted molar refractivity (Wildman–Crippen MR) is 89.8 cm³/mol. The van der Waals surface area contributed by atoms with E-state index in [1.807, 2.05) is 55.5 Å². The highest BCUT2D eigenvalue weighted by Crippen LogP contribution is 2.24. The average molecular weight is 306 g/mol. The number of aryl methyl sites for hydroxylation is 1. The van der Waals surface area contributed by atoms with Crippen molar-refractivity contribution in [3.8, 4) is 5.75 Å². The molecule has 0 aliphatic carbocycles. The van der Waals surface area contributed by atoms with Gasteiger partial charge < -0.3 is 4.74 Å². The lowest BCUT2D eigenvalue weighted by molar-refractivity contribution is 0.227. The molecule has 1 atom stereocenters. The normalized spacial score (nSPS) is 14.7. The number of ether oxygens (including phenoxy) is 1. The monoisotopic (exact) mass is 306 g/mol. The van der Waals surface area contributed by atoms with Crippen LogP contribution < -0.4 is 10.3 Å². The van der Waals surface area contributed by atoms with Crippen molar-refractivity contribution in [3.63, 3.8) is 0 Å². The molecule has 0 saturated carbocycles. The van der Waals surface area contributed by atoms with Crippen molar-refractivity contribution in [2.75, 3.05) is 0 Å². The highest BCUT2D eigenvalue weighted by molar-refractivity contribution is 5.79. The Morgan fingerprint density at radius 2 is 2.00 bits per heavy atom. The number of aromatic nitrogens is 2. The van der Waals surface area contributed by atoms with Gasteiger partial charge in [0.2, 0.25) is 0 Å². The smallest absolute Gasteiger partial charge is 0.261 e. The van der Waals surface area contributed by atoms with Gasteiger partial charge in [-0.05, 0) is 37.1 Å². The fourth-order valence-corrected chi connectivity index (χ4v) is 3.13. The Morgan fingerprint density at radius 1 is 1.17 bits per heavy atom. The molecule has 0 saturated heterocycles. The zero-order valence-corrected chi connectivity index (χ0v) is 13.0. The van der Waals surface area contributed by atoms with E-state index in [0.29, 0.717) is 11.1 Å². The zero-order valence-electron chi connectivity index (χ0n) is 13.0. The van der Waals surface area contributed by atoms with E-state index in [9.17, 15) is 4.79 Å². The summed E-state index contributed by atoms with van der Waals surface area (Å²) in [6.07, 6.45) is 1.81. The van der Waals surface area contributed by atoms with Crippen molar-refractivity contribution in [1.29, 1.82) is 0 Å². The van der Waals surface area contributed by atoms with Gasteiger partial charge in [-0.25, -0.2) is 4.98 Å². The van der Waals surface area contributed by atoms with Gasteiger partial charge in [-0.2, -0.15) is 0 Å². The number of hydrogen-bond acceptors (Lipinski definition) is 3. The number of hydrogen-bond donors (Lipinski definition) is 0. The SMILES string of the molecule is C[C@@H](Oc1ccc2nc3n(c(=O)c2c1)CCC3)c1ccccc1. The molecule has 116 valence electrons. The number of fused-ring (bicyclic) bond motifs is 2. The third-order valence-corrected chi connectivity index (χ3v) is 4.37. The molecule has 4 heteroatoms. The first kappa shape index (κ1) is 14.0. The van der Waals surface area contributed by atoms with Crippen LogP contribution in [0.25, 0.3) is 10.9 Å². The van der Waals surface area contributed by atoms with Crippen LogP contribution in [0.3, 0.4) is 0 Å². The van der Waals surface area contributed by atoms with E-state index in [2.05, 4.69) is 4.98 Å². The van der Waals surface area contributed by atoms with Gasteiger partial charge >= 0.3 is 0 Å². The molecule has 1 aliphatic heterocycles. The van der Waals surface area contributed by atoms with Gasteiger partial charge in [0, 0.05) is 13.0 Å². The van der Waals surface area contributed by atoms with E-state index in [1.165, 1.54) is 0 Å². The van der Waals surface area contributed by atoms with E-state index in [4.69, 9.17) is 4.74 Å². The van der Waals surface area contributed by atoms with Crippen molar-refractivity contribution < 1.29 is 4.74 Å². The average Bonchev–Trinajstić information content (AvgIpc) is 3.05. The van der Waals surface area contributed by atoms with Crippen LogP contribution in [0.15, 0.2) is 53.3 Å². The molecule has 2 heterocycles.